The molecule has 3 aromatic carbocycles. The number of carbonyl (C=O) groups excluding carboxylic acids is 2. The SMILES string of the molecule is C=CCC1(C(=O)O)CN(C(=O)C(NC(=O)OCC2c3ccccc3-c3ccccc32)C(C)OCc2ccccc2)C1. The molecule has 5 rings (SSSR count). The van der Waals surface area contributed by atoms with Crippen molar-refractivity contribution in [2.45, 2.75) is 38.0 Å². The number of rotatable bonds is 11. The molecule has 2 unspecified atom stereocenters. The van der Waals surface area contributed by atoms with E-state index in [0.29, 0.717) is 0 Å². The average Bonchev–Trinajstić information content (AvgIpc) is 3.29. The lowest BCUT2D eigenvalue weighted by atomic mass is 9.76. The first kappa shape index (κ1) is 28.1. The average molecular weight is 555 g/mol. The van der Waals surface area contributed by atoms with Crippen LogP contribution in [-0.4, -0.2) is 59.8 Å². The predicted molar refractivity (Wildman–Crippen MR) is 154 cm³/mol. The fourth-order valence-corrected chi connectivity index (χ4v) is 5.71. The van der Waals surface area contributed by atoms with Crippen molar-refractivity contribution in [3.05, 3.63) is 108 Å². The number of benzene rings is 3. The molecule has 1 fully saturated rings. The number of carbonyl (C=O) groups is 3. The quantitative estimate of drug-likeness (QED) is 0.324. The maximum Gasteiger partial charge on any atom is 0.407 e. The Balaban J connectivity index is 1.28. The van der Waals surface area contributed by atoms with Crippen LogP contribution in [0, 0.1) is 5.41 Å². The zero-order valence-electron chi connectivity index (χ0n) is 23.0. The number of alkyl carbamates (subject to hydrolysis) is 1. The lowest BCUT2D eigenvalue weighted by Gasteiger charge is -2.48. The van der Waals surface area contributed by atoms with Crippen LogP contribution in [0.2, 0.25) is 0 Å². The Kier molecular flexibility index (Phi) is 8.21. The number of nitrogens with one attached hydrogen (secondary N) is 1. The highest BCUT2D eigenvalue weighted by Crippen LogP contribution is 2.44. The van der Waals surface area contributed by atoms with E-state index in [4.69, 9.17) is 9.47 Å². The first-order valence-corrected chi connectivity index (χ1v) is 13.7. The number of hydrogen-bond acceptors (Lipinski definition) is 5. The predicted octanol–water partition coefficient (Wildman–Crippen LogP) is 4.99. The Labute approximate surface area is 239 Å². The fourth-order valence-electron chi connectivity index (χ4n) is 5.71. The number of allylic oxidation sites excluding steroid dienone is 1. The number of ether oxygens (including phenoxy) is 2. The van der Waals surface area contributed by atoms with Crippen molar-refractivity contribution in [3.8, 4) is 11.1 Å². The third-order valence-electron chi connectivity index (χ3n) is 8.00. The highest BCUT2D eigenvalue weighted by atomic mass is 16.5. The van der Waals surface area contributed by atoms with Gasteiger partial charge in [-0.05, 0) is 41.2 Å². The van der Waals surface area contributed by atoms with Crippen LogP contribution in [0.25, 0.3) is 11.1 Å². The Morgan fingerprint density at radius 3 is 2.17 bits per heavy atom. The standard InChI is InChI=1S/C33H34N2O6/c1-3-17-33(31(37)38)20-35(21-33)30(36)29(22(2)40-18-23-11-5-4-6-12-23)34-32(39)41-19-28-26-15-9-7-13-24(26)25-14-8-10-16-27(25)28/h3-16,22,28-29H,1,17-21H2,2H3,(H,34,39)(H,37,38). The molecule has 2 N–H and O–H groups in total. The van der Waals surface area contributed by atoms with Crippen molar-refractivity contribution in [2.75, 3.05) is 19.7 Å². The van der Waals surface area contributed by atoms with E-state index >= 15 is 0 Å². The van der Waals surface area contributed by atoms with Gasteiger partial charge in [0.05, 0.1) is 12.7 Å². The molecule has 0 spiro atoms. The van der Waals surface area contributed by atoms with Crippen LogP contribution >= 0.6 is 0 Å². The summed E-state index contributed by atoms with van der Waals surface area (Å²) >= 11 is 0. The molecule has 1 aliphatic carbocycles. The normalized spacial score (nSPS) is 16.5. The molecule has 1 heterocycles. The number of amides is 2. The minimum Gasteiger partial charge on any atom is -0.481 e. The second-order valence-electron chi connectivity index (χ2n) is 10.7. The molecule has 0 radical (unpaired) electrons. The molecule has 2 atom stereocenters. The topological polar surface area (TPSA) is 105 Å². The van der Waals surface area contributed by atoms with E-state index in [1.54, 1.807) is 13.0 Å². The van der Waals surface area contributed by atoms with Crippen LogP contribution < -0.4 is 5.32 Å². The summed E-state index contributed by atoms with van der Waals surface area (Å²) in [6.45, 7) is 5.77. The highest BCUT2D eigenvalue weighted by molar-refractivity contribution is 5.89. The second-order valence-corrected chi connectivity index (χ2v) is 10.7. The van der Waals surface area contributed by atoms with E-state index < -0.39 is 35.5 Å². The van der Waals surface area contributed by atoms with Gasteiger partial charge in [0, 0.05) is 19.0 Å². The number of carboxylic acids is 1. The summed E-state index contributed by atoms with van der Waals surface area (Å²) in [5.41, 5.74) is 4.26. The van der Waals surface area contributed by atoms with Crippen LogP contribution in [-0.2, 0) is 25.7 Å². The molecule has 1 saturated heterocycles. The number of likely N-dealkylation sites (tertiary alicyclic amines) is 1. The molecule has 8 heteroatoms. The molecule has 8 nitrogen and oxygen atoms in total. The molecule has 3 aromatic rings. The molecule has 0 saturated carbocycles. The van der Waals surface area contributed by atoms with E-state index in [1.807, 2.05) is 66.7 Å². The van der Waals surface area contributed by atoms with Gasteiger partial charge in [-0.25, -0.2) is 4.79 Å². The molecule has 2 amide bonds. The van der Waals surface area contributed by atoms with Crippen molar-refractivity contribution in [1.82, 2.24) is 10.2 Å². The van der Waals surface area contributed by atoms with Crippen molar-refractivity contribution in [3.63, 3.8) is 0 Å². The summed E-state index contributed by atoms with van der Waals surface area (Å²) in [6.07, 6.45) is 0.351. The minimum atomic E-state index is -1.07. The Bertz CT molecular complexity index is 1390. The summed E-state index contributed by atoms with van der Waals surface area (Å²) in [7, 11) is 0. The van der Waals surface area contributed by atoms with E-state index in [0.717, 1.165) is 27.8 Å². The number of hydrogen-bond donors (Lipinski definition) is 2. The van der Waals surface area contributed by atoms with Crippen LogP contribution in [0.5, 0.6) is 0 Å². The molecule has 0 bridgehead atoms. The van der Waals surface area contributed by atoms with Crippen molar-refractivity contribution in [1.29, 1.82) is 0 Å². The largest absolute Gasteiger partial charge is 0.481 e. The van der Waals surface area contributed by atoms with Gasteiger partial charge >= 0.3 is 12.1 Å². The van der Waals surface area contributed by atoms with E-state index in [-0.39, 0.29) is 38.6 Å². The Morgan fingerprint density at radius 1 is 1.00 bits per heavy atom. The van der Waals surface area contributed by atoms with Crippen molar-refractivity contribution >= 4 is 18.0 Å². The van der Waals surface area contributed by atoms with E-state index in [9.17, 15) is 19.5 Å². The number of aliphatic carboxylic acids is 1. The third kappa shape index (κ3) is 5.74. The lowest BCUT2D eigenvalue weighted by molar-refractivity contribution is -0.167. The smallest absolute Gasteiger partial charge is 0.407 e. The lowest BCUT2D eigenvalue weighted by Crippen LogP contribution is -2.66. The molecule has 1 aliphatic heterocycles. The summed E-state index contributed by atoms with van der Waals surface area (Å²) in [5.74, 6) is -1.52. The van der Waals surface area contributed by atoms with E-state index in [2.05, 4.69) is 24.0 Å². The van der Waals surface area contributed by atoms with Gasteiger partial charge in [0.1, 0.15) is 18.1 Å². The van der Waals surface area contributed by atoms with Crippen molar-refractivity contribution in [2.24, 2.45) is 5.41 Å². The molecule has 2 aliphatic rings. The van der Waals surface area contributed by atoms with Gasteiger partial charge in [0.2, 0.25) is 5.91 Å². The van der Waals surface area contributed by atoms with Crippen LogP contribution in [0.15, 0.2) is 91.5 Å². The maximum atomic E-state index is 13.6. The first-order chi connectivity index (χ1) is 19.8. The number of fused-ring (bicyclic) bond motifs is 3. The van der Waals surface area contributed by atoms with Gasteiger partial charge in [-0.3, -0.25) is 9.59 Å². The third-order valence-corrected chi connectivity index (χ3v) is 8.00. The second kappa shape index (κ2) is 12.0. The van der Waals surface area contributed by atoms with Gasteiger partial charge in [-0.15, -0.1) is 6.58 Å². The number of carboxylic acid groups (broad SMARTS) is 1. The molecule has 212 valence electrons. The summed E-state index contributed by atoms with van der Waals surface area (Å²) < 4.78 is 11.7. The molecular formula is C33H34N2O6. The van der Waals surface area contributed by atoms with Gasteiger partial charge in [0.15, 0.2) is 0 Å². The summed E-state index contributed by atoms with van der Waals surface area (Å²) in [5, 5.41) is 12.4. The summed E-state index contributed by atoms with van der Waals surface area (Å²) in [4.78, 5) is 40.0. The fraction of sp³-hybridized carbons (Fsp3) is 0.303. The highest BCUT2D eigenvalue weighted by Gasteiger charge is 2.52. The van der Waals surface area contributed by atoms with Gasteiger partial charge in [0.25, 0.3) is 0 Å². The Hall–Kier alpha value is -4.43. The van der Waals surface area contributed by atoms with Crippen LogP contribution in [0.3, 0.4) is 0 Å². The van der Waals surface area contributed by atoms with Gasteiger partial charge in [-0.1, -0.05) is 84.9 Å². The van der Waals surface area contributed by atoms with Crippen LogP contribution in [0.1, 0.15) is 36.0 Å². The van der Waals surface area contributed by atoms with Gasteiger partial charge < -0.3 is 24.8 Å². The van der Waals surface area contributed by atoms with Gasteiger partial charge in [-0.2, -0.15) is 0 Å². The van der Waals surface area contributed by atoms with E-state index in [1.165, 1.54) is 4.90 Å². The molecule has 41 heavy (non-hydrogen) atoms. The first-order valence-electron chi connectivity index (χ1n) is 13.7. The number of nitrogens with zero attached hydrogens (tertiary/aromatic N) is 1. The maximum absolute atomic E-state index is 13.6. The zero-order chi connectivity index (χ0) is 29.0. The minimum absolute atomic E-state index is 0.0292. The monoisotopic (exact) mass is 554 g/mol. The molecular weight excluding hydrogens is 520 g/mol. The molecule has 0 aromatic heterocycles. The van der Waals surface area contributed by atoms with Crippen molar-refractivity contribution < 1.29 is 29.0 Å². The zero-order valence-corrected chi connectivity index (χ0v) is 23.0. The summed E-state index contributed by atoms with van der Waals surface area (Å²) in [6, 6.07) is 24.6. The Morgan fingerprint density at radius 2 is 1.59 bits per heavy atom. The van der Waals surface area contributed by atoms with Crippen LogP contribution in [0.4, 0.5) is 4.79 Å².